The number of carbonyl (C=O) groups is 1. The molecule has 5 rings (SSSR count). The molecule has 1 aliphatic heterocycles. The summed E-state index contributed by atoms with van der Waals surface area (Å²) in [5, 5.41) is 5.72. The standard InChI is InChI=1S/C28H32N6O2/c1-4-28(2,3)27(35)33-16-8-9-20(17-33)34-26-23(25(29)30-18-31-26)24(32-34)19-12-14-22(15-13-19)36-21-10-6-5-7-11-21/h5-7,10-15,18,20H,4,8-9,16-17H2,1-3H3,(H2,29,30,31). The summed E-state index contributed by atoms with van der Waals surface area (Å²) in [6.45, 7) is 7.46. The third-order valence-electron chi connectivity index (χ3n) is 7.12. The molecule has 2 N–H and O–H groups in total. The van der Waals surface area contributed by atoms with E-state index in [0.29, 0.717) is 18.0 Å². The van der Waals surface area contributed by atoms with Crippen LogP contribution in [0.15, 0.2) is 60.9 Å². The van der Waals surface area contributed by atoms with Gasteiger partial charge in [-0.15, -0.1) is 0 Å². The van der Waals surface area contributed by atoms with Crippen molar-refractivity contribution in [1.82, 2.24) is 24.6 Å². The number of nitrogens with zero attached hydrogens (tertiary/aromatic N) is 5. The summed E-state index contributed by atoms with van der Waals surface area (Å²) in [7, 11) is 0. The number of nitrogens with two attached hydrogens (primary N) is 1. The maximum Gasteiger partial charge on any atom is 0.228 e. The molecule has 186 valence electrons. The molecule has 3 heterocycles. The average Bonchev–Trinajstić information content (AvgIpc) is 3.30. The number of amides is 1. The smallest absolute Gasteiger partial charge is 0.228 e. The largest absolute Gasteiger partial charge is 0.457 e. The second-order valence-corrected chi connectivity index (χ2v) is 9.97. The van der Waals surface area contributed by atoms with Gasteiger partial charge in [0.2, 0.25) is 5.91 Å². The summed E-state index contributed by atoms with van der Waals surface area (Å²) in [4.78, 5) is 23.9. The maximum absolute atomic E-state index is 13.2. The molecular formula is C28H32N6O2. The molecule has 1 unspecified atom stereocenters. The van der Waals surface area contributed by atoms with E-state index in [1.165, 1.54) is 6.33 Å². The van der Waals surface area contributed by atoms with Crippen LogP contribution in [0.4, 0.5) is 5.82 Å². The molecule has 0 saturated carbocycles. The number of benzene rings is 2. The summed E-state index contributed by atoms with van der Waals surface area (Å²) in [6, 6.07) is 17.5. The topological polar surface area (TPSA) is 99.2 Å². The number of aromatic nitrogens is 4. The highest BCUT2D eigenvalue weighted by atomic mass is 16.5. The van der Waals surface area contributed by atoms with Crippen LogP contribution in [0.3, 0.4) is 0 Å². The third-order valence-corrected chi connectivity index (χ3v) is 7.12. The molecule has 0 aliphatic carbocycles. The highest BCUT2D eigenvalue weighted by Gasteiger charge is 2.34. The molecule has 8 heteroatoms. The van der Waals surface area contributed by atoms with Crippen LogP contribution in [0.1, 0.15) is 46.1 Å². The molecule has 0 spiro atoms. The quantitative estimate of drug-likeness (QED) is 0.390. The van der Waals surface area contributed by atoms with Gasteiger partial charge in [0.05, 0.1) is 11.4 Å². The lowest BCUT2D eigenvalue weighted by molar-refractivity contribution is -0.142. The fourth-order valence-corrected chi connectivity index (χ4v) is 4.68. The first-order valence-electron chi connectivity index (χ1n) is 12.5. The highest BCUT2D eigenvalue weighted by molar-refractivity contribution is 5.98. The van der Waals surface area contributed by atoms with Gasteiger partial charge in [-0.2, -0.15) is 5.10 Å². The lowest BCUT2D eigenvalue weighted by Crippen LogP contribution is -2.46. The summed E-state index contributed by atoms with van der Waals surface area (Å²) in [5.41, 5.74) is 8.27. The van der Waals surface area contributed by atoms with Gasteiger partial charge in [0.15, 0.2) is 5.65 Å². The van der Waals surface area contributed by atoms with Crippen LogP contribution in [0, 0.1) is 5.41 Å². The molecule has 0 bridgehead atoms. The van der Waals surface area contributed by atoms with Crippen molar-refractivity contribution in [2.75, 3.05) is 18.8 Å². The van der Waals surface area contributed by atoms with Gasteiger partial charge in [-0.25, -0.2) is 14.6 Å². The molecule has 0 radical (unpaired) electrons. The van der Waals surface area contributed by atoms with Gasteiger partial charge in [-0.1, -0.05) is 39.0 Å². The van der Waals surface area contributed by atoms with E-state index in [2.05, 4.69) is 16.9 Å². The van der Waals surface area contributed by atoms with Crippen LogP contribution >= 0.6 is 0 Å². The van der Waals surface area contributed by atoms with Gasteiger partial charge < -0.3 is 15.4 Å². The number of carbonyl (C=O) groups excluding carboxylic acids is 1. The van der Waals surface area contributed by atoms with Crippen molar-refractivity contribution in [1.29, 1.82) is 0 Å². The van der Waals surface area contributed by atoms with Crippen molar-refractivity contribution in [3.63, 3.8) is 0 Å². The zero-order valence-electron chi connectivity index (χ0n) is 21.0. The van der Waals surface area contributed by atoms with Crippen molar-refractivity contribution >= 4 is 22.8 Å². The van der Waals surface area contributed by atoms with E-state index < -0.39 is 0 Å². The summed E-state index contributed by atoms with van der Waals surface area (Å²) >= 11 is 0. The first kappa shape index (κ1) is 23.8. The van der Waals surface area contributed by atoms with Gasteiger partial charge >= 0.3 is 0 Å². The number of nitrogen functional groups attached to an aromatic ring is 1. The lowest BCUT2D eigenvalue weighted by Gasteiger charge is -2.37. The summed E-state index contributed by atoms with van der Waals surface area (Å²) in [6.07, 6.45) is 4.11. The normalized spacial score (nSPS) is 16.3. The number of para-hydroxylation sites is 1. The van der Waals surface area contributed by atoms with Crippen molar-refractivity contribution in [2.45, 2.75) is 46.1 Å². The fraction of sp³-hybridized carbons (Fsp3) is 0.357. The zero-order chi connectivity index (χ0) is 25.3. The monoisotopic (exact) mass is 484 g/mol. The molecule has 4 aromatic rings. The fourth-order valence-electron chi connectivity index (χ4n) is 4.68. The molecule has 1 saturated heterocycles. The van der Waals surface area contributed by atoms with Crippen LogP contribution in [-0.4, -0.2) is 43.6 Å². The molecular weight excluding hydrogens is 452 g/mol. The Morgan fingerprint density at radius 3 is 2.53 bits per heavy atom. The van der Waals surface area contributed by atoms with E-state index >= 15 is 0 Å². The zero-order valence-corrected chi connectivity index (χ0v) is 21.0. The first-order chi connectivity index (χ1) is 17.4. The molecule has 2 aromatic heterocycles. The van der Waals surface area contributed by atoms with Gasteiger partial charge in [0, 0.05) is 24.1 Å². The molecule has 1 atom stereocenters. The molecule has 2 aromatic carbocycles. The Morgan fingerprint density at radius 2 is 1.81 bits per heavy atom. The number of piperidine rings is 1. The number of anilines is 1. The van der Waals surface area contributed by atoms with Gasteiger partial charge in [-0.3, -0.25) is 4.79 Å². The van der Waals surface area contributed by atoms with E-state index in [1.54, 1.807) is 0 Å². The van der Waals surface area contributed by atoms with Crippen molar-refractivity contribution in [3.8, 4) is 22.8 Å². The van der Waals surface area contributed by atoms with Crippen LogP contribution in [0.2, 0.25) is 0 Å². The van der Waals surface area contributed by atoms with Crippen molar-refractivity contribution in [2.24, 2.45) is 5.41 Å². The predicted octanol–water partition coefficient (Wildman–Crippen LogP) is 5.47. The van der Waals surface area contributed by atoms with Crippen LogP contribution in [0.25, 0.3) is 22.3 Å². The van der Waals surface area contributed by atoms with Gasteiger partial charge in [0.1, 0.15) is 29.3 Å². The van der Waals surface area contributed by atoms with Gasteiger partial charge in [-0.05, 0) is 55.7 Å². The van der Waals surface area contributed by atoms with E-state index in [-0.39, 0.29) is 17.4 Å². The number of rotatable bonds is 6. The number of hydrogen-bond acceptors (Lipinski definition) is 6. The number of likely N-dealkylation sites (tertiary alicyclic amines) is 1. The van der Waals surface area contributed by atoms with Crippen molar-refractivity contribution in [3.05, 3.63) is 60.9 Å². The summed E-state index contributed by atoms with van der Waals surface area (Å²) < 4.78 is 7.88. The molecule has 36 heavy (non-hydrogen) atoms. The molecule has 1 amide bonds. The number of fused-ring (bicyclic) bond motifs is 1. The van der Waals surface area contributed by atoms with Crippen LogP contribution in [-0.2, 0) is 4.79 Å². The van der Waals surface area contributed by atoms with E-state index in [1.807, 2.05) is 78.0 Å². The maximum atomic E-state index is 13.2. The van der Waals surface area contributed by atoms with Crippen molar-refractivity contribution < 1.29 is 9.53 Å². The number of ether oxygens (including phenoxy) is 1. The average molecular weight is 485 g/mol. The van der Waals surface area contributed by atoms with Gasteiger partial charge in [0.25, 0.3) is 0 Å². The predicted molar refractivity (Wildman–Crippen MR) is 141 cm³/mol. The Bertz CT molecular complexity index is 1360. The second kappa shape index (κ2) is 9.60. The van der Waals surface area contributed by atoms with E-state index in [9.17, 15) is 4.79 Å². The van der Waals surface area contributed by atoms with E-state index in [0.717, 1.165) is 53.9 Å². The highest BCUT2D eigenvalue weighted by Crippen LogP contribution is 2.35. The van der Waals surface area contributed by atoms with E-state index in [4.69, 9.17) is 15.6 Å². The minimum Gasteiger partial charge on any atom is -0.457 e. The molecule has 1 aliphatic rings. The Balaban J connectivity index is 1.47. The first-order valence-corrected chi connectivity index (χ1v) is 12.5. The Hall–Kier alpha value is -3.94. The molecule has 1 fully saturated rings. The lowest BCUT2D eigenvalue weighted by atomic mass is 9.87. The minimum atomic E-state index is -0.380. The molecule has 8 nitrogen and oxygen atoms in total. The second-order valence-electron chi connectivity index (χ2n) is 9.97. The van der Waals surface area contributed by atoms with Crippen LogP contribution < -0.4 is 10.5 Å². The third kappa shape index (κ3) is 4.51. The summed E-state index contributed by atoms with van der Waals surface area (Å²) in [5.74, 6) is 2.09. The Morgan fingerprint density at radius 1 is 1.08 bits per heavy atom. The Labute approximate surface area is 211 Å². The number of hydrogen-bond donors (Lipinski definition) is 1. The minimum absolute atomic E-state index is 0.0154. The Kier molecular flexibility index (Phi) is 6.35. The SMILES string of the molecule is CCC(C)(C)C(=O)N1CCCC(n2nc(-c3ccc(Oc4ccccc4)cc3)c3c(N)ncnc32)C1. The van der Waals surface area contributed by atoms with Crippen LogP contribution in [0.5, 0.6) is 11.5 Å².